The van der Waals surface area contributed by atoms with Gasteiger partial charge in [0.25, 0.3) is 0 Å². The van der Waals surface area contributed by atoms with Gasteiger partial charge in [-0.05, 0) is 100 Å². The minimum atomic E-state index is -1.15. The third-order valence-electron chi connectivity index (χ3n) is 6.46. The molecule has 0 bridgehead atoms. The van der Waals surface area contributed by atoms with Crippen molar-refractivity contribution >= 4 is 37.4 Å². The predicted molar refractivity (Wildman–Crippen MR) is 173 cm³/mol. The molecule has 0 spiro atoms. The summed E-state index contributed by atoms with van der Waals surface area (Å²) in [5, 5.41) is 0. The second kappa shape index (κ2) is 28.3. The fraction of sp³-hybridized carbons (Fsp3) is 1.00. The zero-order valence-electron chi connectivity index (χ0n) is 27.5. The average Bonchev–Trinajstić information content (AvgIpc) is 2.92. The van der Waals surface area contributed by atoms with Crippen molar-refractivity contribution in [1.82, 2.24) is 9.80 Å². The molecule has 0 aromatic heterocycles. The zero-order chi connectivity index (χ0) is 30.0. The quantitative estimate of drug-likeness (QED) is 0.0569. The summed E-state index contributed by atoms with van der Waals surface area (Å²) in [6.45, 7) is 21.3. The van der Waals surface area contributed by atoms with Crippen LogP contribution in [0.15, 0.2) is 0 Å². The van der Waals surface area contributed by atoms with Crippen LogP contribution in [0, 0.1) is 0 Å². The van der Waals surface area contributed by atoms with Crippen LogP contribution in [0.3, 0.4) is 0 Å². The summed E-state index contributed by atoms with van der Waals surface area (Å²) in [6, 6.07) is 3.36. The van der Waals surface area contributed by atoms with E-state index >= 15 is 0 Å². The molecule has 0 aliphatic rings. The zero-order valence-corrected chi connectivity index (χ0v) is 31.5. The Balaban J connectivity index is 4.81. The van der Waals surface area contributed by atoms with Gasteiger partial charge in [0.05, 0.1) is 9.52 Å². The van der Waals surface area contributed by atoms with Gasteiger partial charge >= 0.3 is 27.9 Å². The molecule has 0 fully saturated rings. The van der Waals surface area contributed by atoms with E-state index in [4.69, 9.17) is 26.6 Å². The molecular weight excluding hydrogens is 573 g/mol. The van der Waals surface area contributed by atoms with Crippen LogP contribution in [0.4, 0.5) is 0 Å². The molecule has 5 radical (unpaired) electrons. The van der Waals surface area contributed by atoms with Crippen LogP contribution in [0.2, 0.25) is 23.7 Å². The van der Waals surface area contributed by atoms with E-state index in [1.807, 2.05) is 0 Å². The van der Waals surface area contributed by atoms with Crippen LogP contribution in [0.5, 0.6) is 0 Å². The van der Waals surface area contributed by atoms with Crippen LogP contribution in [0.25, 0.3) is 0 Å². The Morgan fingerprint density at radius 3 is 1.40 bits per heavy atom. The second-order valence-electron chi connectivity index (χ2n) is 9.91. The molecular formula is C28H63N2O6Si4. The Labute approximate surface area is 256 Å². The molecule has 1 atom stereocenters. The molecule has 8 nitrogen and oxygen atoms in total. The SMILES string of the molecule is CCO[Si](CCCN(C)C([Si]CCCCCC(C)[Si](OCC)OCC)N(C)CCC[Si](OCC)OCC)OCC. The van der Waals surface area contributed by atoms with Crippen LogP contribution in [-0.2, 0) is 26.6 Å². The van der Waals surface area contributed by atoms with Gasteiger partial charge in [-0.1, -0.05) is 32.2 Å². The molecule has 12 heteroatoms. The molecule has 0 heterocycles. The van der Waals surface area contributed by atoms with E-state index in [2.05, 4.69) is 72.4 Å². The second-order valence-corrected chi connectivity index (χ2v) is 17.2. The first-order chi connectivity index (χ1) is 19.4. The number of unbranched alkanes of at least 4 members (excludes halogenated alkanes) is 2. The van der Waals surface area contributed by atoms with Crippen molar-refractivity contribution in [3.8, 4) is 0 Å². The Bertz CT molecular complexity index is 501. The van der Waals surface area contributed by atoms with Crippen molar-refractivity contribution in [1.29, 1.82) is 0 Å². The van der Waals surface area contributed by atoms with Gasteiger partial charge < -0.3 is 26.6 Å². The topological polar surface area (TPSA) is 61.9 Å². The summed E-state index contributed by atoms with van der Waals surface area (Å²) in [7, 11) is 2.06. The highest BCUT2D eigenvalue weighted by molar-refractivity contribution is 6.46. The molecule has 0 saturated heterocycles. The number of rotatable bonds is 30. The third kappa shape index (κ3) is 20.5. The highest BCUT2D eigenvalue weighted by Gasteiger charge is 2.24. The van der Waals surface area contributed by atoms with Crippen molar-refractivity contribution in [2.45, 2.75) is 116 Å². The maximum atomic E-state index is 5.90. The van der Waals surface area contributed by atoms with E-state index < -0.39 is 27.9 Å². The van der Waals surface area contributed by atoms with Gasteiger partial charge in [-0.2, -0.15) is 0 Å². The average molecular weight is 636 g/mol. The van der Waals surface area contributed by atoms with Crippen molar-refractivity contribution < 1.29 is 26.6 Å². The minimum Gasteiger partial charge on any atom is -0.394 e. The van der Waals surface area contributed by atoms with Crippen molar-refractivity contribution in [3.63, 3.8) is 0 Å². The highest BCUT2D eigenvalue weighted by Crippen LogP contribution is 2.21. The van der Waals surface area contributed by atoms with Crippen molar-refractivity contribution in [3.05, 3.63) is 0 Å². The first kappa shape index (κ1) is 40.5. The van der Waals surface area contributed by atoms with Gasteiger partial charge in [0.1, 0.15) is 0 Å². The van der Waals surface area contributed by atoms with Gasteiger partial charge in [0.15, 0.2) is 0 Å². The Hall–Kier alpha value is 0.548. The Morgan fingerprint density at radius 1 is 0.575 bits per heavy atom. The maximum Gasteiger partial charge on any atom is 0.387 e. The van der Waals surface area contributed by atoms with E-state index in [9.17, 15) is 0 Å². The van der Waals surface area contributed by atoms with Crippen LogP contribution < -0.4 is 0 Å². The Morgan fingerprint density at radius 2 is 1.00 bits per heavy atom. The molecule has 0 aliphatic carbocycles. The van der Waals surface area contributed by atoms with E-state index in [1.165, 1.54) is 31.7 Å². The lowest BCUT2D eigenvalue weighted by atomic mass is 10.2. The number of hydrogen-bond acceptors (Lipinski definition) is 8. The summed E-state index contributed by atoms with van der Waals surface area (Å²) >= 11 is 0. The van der Waals surface area contributed by atoms with Gasteiger partial charge in [-0.15, -0.1) is 0 Å². The van der Waals surface area contributed by atoms with E-state index in [1.54, 1.807) is 0 Å². The molecule has 0 aliphatic heterocycles. The molecule has 40 heavy (non-hydrogen) atoms. The smallest absolute Gasteiger partial charge is 0.387 e. The van der Waals surface area contributed by atoms with Crippen molar-refractivity contribution in [2.75, 3.05) is 66.8 Å². The molecule has 0 N–H and O–H groups in total. The molecule has 1 unspecified atom stereocenters. The molecule has 237 valence electrons. The molecule has 0 aromatic carbocycles. The largest absolute Gasteiger partial charge is 0.394 e. The first-order valence-electron chi connectivity index (χ1n) is 15.9. The monoisotopic (exact) mass is 635 g/mol. The summed E-state index contributed by atoms with van der Waals surface area (Å²) in [4.78, 5) is 5.13. The minimum absolute atomic E-state index is 0.467. The summed E-state index contributed by atoms with van der Waals surface area (Å²) < 4.78 is 35.3. The van der Waals surface area contributed by atoms with Crippen LogP contribution in [-0.4, -0.2) is 120 Å². The standard InChI is InChI=1S/C28H63N2O6Si4/c1-10-31-38(32-11-2)25-19-22-29(8)28(30(9)23-20-26-39(33-12-3)34-13-4)37-24-18-16-17-21-27(7)40(35-14-5)36-15-6/h27-28H,10-26H2,1-9H3. The highest BCUT2D eigenvalue weighted by atomic mass is 28.3. The normalized spacial score (nSPS) is 13.3. The van der Waals surface area contributed by atoms with Gasteiger partial charge in [-0.25, -0.2) is 0 Å². The fourth-order valence-electron chi connectivity index (χ4n) is 4.57. The summed E-state index contributed by atoms with van der Waals surface area (Å²) in [5.74, 6) is 0.467. The summed E-state index contributed by atoms with van der Waals surface area (Å²) in [6.07, 6.45) is 7.27. The maximum absolute atomic E-state index is 5.90. The Kier molecular flexibility index (Phi) is 28.7. The van der Waals surface area contributed by atoms with E-state index in [-0.39, 0.29) is 0 Å². The third-order valence-corrected chi connectivity index (χ3v) is 14.6. The van der Waals surface area contributed by atoms with E-state index in [0.29, 0.717) is 11.3 Å². The first-order valence-corrected chi connectivity index (χ1v) is 21.6. The summed E-state index contributed by atoms with van der Waals surface area (Å²) in [5.41, 5.74) is 0.539. The van der Waals surface area contributed by atoms with Crippen LogP contribution >= 0.6 is 0 Å². The van der Waals surface area contributed by atoms with Gasteiger partial charge in [0.2, 0.25) is 0 Å². The van der Waals surface area contributed by atoms with Crippen LogP contribution in [0.1, 0.15) is 87.0 Å². The molecule has 0 aromatic rings. The fourth-order valence-corrected chi connectivity index (χ4v) is 10.7. The lowest BCUT2D eigenvalue weighted by Crippen LogP contribution is -2.49. The lowest BCUT2D eigenvalue weighted by molar-refractivity contribution is 0.140. The molecule has 0 saturated carbocycles. The van der Waals surface area contributed by atoms with E-state index in [0.717, 1.165) is 87.2 Å². The van der Waals surface area contributed by atoms with Gasteiger partial charge in [0, 0.05) is 51.0 Å². The lowest BCUT2D eigenvalue weighted by Gasteiger charge is -2.36. The molecule has 0 rings (SSSR count). The van der Waals surface area contributed by atoms with Gasteiger partial charge in [-0.3, -0.25) is 9.80 Å². The molecule has 0 amide bonds. The number of nitrogens with zero attached hydrogens (tertiary/aromatic N) is 2. The number of hydrogen-bond donors (Lipinski definition) is 0. The van der Waals surface area contributed by atoms with Crippen molar-refractivity contribution in [2.24, 2.45) is 0 Å². The predicted octanol–water partition coefficient (Wildman–Crippen LogP) is 5.67.